The molecule has 0 spiro atoms. The predicted octanol–water partition coefficient (Wildman–Crippen LogP) is 4.16. The van der Waals surface area contributed by atoms with Crippen LogP contribution in [0.25, 0.3) is 34.0 Å². The molecule has 0 radical (unpaired) electrons. The number of hydrogen-bond acceptors (Lipinski definition) is 5. The zero-order valence-corrected chi connectivity index (χ0v) is 17.3. The highest BCUT2D eigenvalue weighted by Gasteiger charge is 2.15. The number of aromatic nitrogens is 5. The monoisotopic (exact) mass is 421 g/mol. The molecule has 0 N–H and O–H groups in total. The van der Waals surface area contributed by atoms with Gasteiger partial charge in [0.25, 0.3) is 0 Å². The van der Waals surface area contributed by atoms with Gasteiger partial charge in [0.1, 0.15) is 11.4 Å². The van der Waals surface area contributed by atoms with Gasteiger partial charge < -0.3 is 4.74 Å². The Kier molecular flexibility index (Phi) is 5.05. The van der Waals surface area contributed by atoms with E-state index in [0.29, 0.717) is 22.8 Å². The van der Waals surface area contributed by atoms with Crippen molar-refractivity contribution in [2.24, 2.45) is 0 Å². The molecule has 0 bridgehead atoms. The second-order valence-corrected chi connectivity index (χ2v) is 7.04. The topological polar surface area (TPSA) is 74.8 Å². The molecule has 0 aliphatic carbocycles. The maximum absolute atomic E-state index is 12.7. The zero-order chi connectivity index (χ0) is 21.9. The van der Waals surface area contributed by atoms with E-state index < -0.39 is 0 Å². The number of nitrogens with zero attached hydrogens (tertiary/aromatic N) is 5. The van der Waals surface area contributed by atoms with Crippen LogP contribution in [0.3, 0.4) is 0 Å². The first kappa shape index (κ1) is 19.4. The Labute approximate surface area is 184 Å². The lowest BCUT2D eigenvalue weighted by Crippen LogP contribution is -2.15. The number of benzene rings is 2. The molecule has 0 fully saturated rings. The van der Waals surface area contributed by atoms with Crippen LogP contribution in [0.2, 0.25) is 0 Å². The summed E-state index contributed by atoms with van der Waals surface area (Å²) in [6.45, 7) is 0. The molecule has 5 aromatic rings. The van der Waals surface area contributed by atoms with E-state index in [1.54, 1.807) is 41.1 Å². The van der Waals surface area contributed by atoms with Crippen molar-refractivity contribution in [1.29, 1.82) is 0 Å². The van der Waals surface area contributed by atoms with Crippen molar-refractivity contribution in [1.82, 2.24) is 24.5 Å². The number of pyridine rings is 1. The van der Waals surface area contributed by atoms with Crippen LogP contribution in [0.5, 0.6) is 5.75 Å². The van der Waals surface area contributed by atoms with Gasteiger partial charge in [-0.25, -0.2) is 9.36 Å². The summed E-state index contributed by atoms with van der Waals surface area (Å²) in [5, 5.41) is 9.01. The van der Waals surface area contributed by atoms with Gasteiger partial charge in [-0.3, -0.25) is 9.78 Å². The summed E-state index contributed by atoms with van der Waals surface area (Å²) in [5.41, 5.74) is 4.04. The molecule has 0 atom stereocenters. The first-order chi connectivity index (χ1) is 15.7. The summed E-state index contributed by atoms with van der Waals surface area (Å²) in [7, 11) is 1.61. The molecule has 3 heterocycles. The van der Waals surface area contributed by atoms with Crippen LogP contribution in [0.15, 0.2) is 102 Å². The van der Waals surface area contributed by atoms with E-state index in [-0.39, 0.29) is 5.43 Å². The average Bonchev–Trinajstić information content (AvgIpc) is 3.35. The highest BCUT2D eigenvalue weighted by atomic mass is 16.5. The van der Waals surface area contributed by atoms with E-state index in [0.717, 1.165) is 16.9 Å². The fraction of sp³-hybridized carbons (Fsp3) is 0.0400. The number of rotatable bonds is 5. The van der Waals surface area contributed by atoms with Gasteiger partial charge in [0.15, 0.2) is 5.69 Å². The van der Waals surface area contributed by atoms with Gasteiger partial charge in [0.05, 0.1) is 30.4 Å². The Morgan fingerprint density at radius 3 is 2.50 bits per heavy atom. The number of ether oxygens (including phenoxy) is 1. The lowest BCUT2D eigenvalue weighted by Gasteiger charge is -2.13. The summed E-state index contributed by atoms with van der Waals surface area (Å²) in [6.07, 6.45) is 5.04. The molecular formula is C25H19N5O2. The Hall–Kier alpha value is -4.52. The standard InChI is InChI=1S/C25H19N5O2/c1-32-24-17-18(20-9-5-6-14-26-20)10-11-21(24)29-16-13-23(31)25(28-29)22-12-15-27-30(22)19-7-3-2-4-8-19/h2-17H,1H3. The quantitative estimate of drug-likeness (QED) is 0.426. The van der Waals surface area contributed by atoms with E-state index in [4.69, 9.17) is 4.74 Å². The first-order valence-electron chi connectivity index (χ1n) is 10.0. The van der Waals surface area contributed by atoms with E-state index in [1.165, 1.54) is 6.07 Å². The molecule has 2 aromatic carbocycles. The van der Waals surface area contributed by atoms with Gasteiger partial charge in [-0.2, -0.15) is 10.2 Å². The molecule has 0 aliphatic rings. The average molecular weight is 421 g/mol. The van der Waals surface area contributed by atoms with E-state index in [9.17, 15) is 4.79 Å². The highest BCUT2D eigenvalue weighted by Crippen LogP contribution is 2.28. The lowest BCUT2D eigenvalue weighted by molar-refractivity contribution is 0.411. The van der Waals surface area contributed by atoms with Crippen molar-refractivity contribution in [2.45, 2.75) is 0 Å². The van der Waals surface area contributed by atoms with Crippen LogP contribution >= 0.6 is 0 Å². The Morgan fingerprint density at radius 1 is 0.875 bits per heavy atom. The number of methoxy groups -OCH3 is 1. The van der Waals surface area contributed by atoms with Crippen LogP contribution in [-0.2, 0) is 0 Å². The fourth-order valence-corrected chi connectivity index (χ4v) is 3.54. The third kappa shape index (κ3) is 3.56. The summed E-state index contributed by atoms with van der Waals surface area (Å²) in [5.74, 6) is 0.617. The molecule has 5 rings (SSSR count). The summed E-state index contributed by atoms with van der Waals surface area (Å²) in [6, 6.07) is 24.4. The predicted molar refractivity (Wildman–Crippen MR) is 122 cm³/mol. The van der Waals surface area contributed by atoms with E-state index in [2.05, 4.69) is 15.2 Å². The molecule has 0 aliphatic heterocycles. The van der Waals surface area contributed by atoms with Gasteiger partial charge >= 0.3 is 0 Å². The lowest BCUT2D eigenvalue weighted by atomic mass is 10.1. The molecule has 0 saturated heterocycles. The van der Waals surface area contributed by atoms with Gasteiger partial charge in [0.2, 0.25) is 5.43 Å². The van der Waals surface area contributed by atoms with Crippen LogP contribution in [0, 0.1) is 0 Å². The molecule has 3 aromatic heterocycles. The van der Waals surface area contributed by atoms with Crippen molar-refractivity contribution in [3.63, 3.8) is 0 Å². The summed E-state index contributed by atoms with van der Waals surface area (Å²) in [4.78, 5) is 17.1. The van der Waals surface area contributed by atoms with Crippen molar-refractivity contribution in [2.75, 3.05) is 7.11 Å². The van der Waals surface area contributed by atoms with Crippen LogP contribution in [0.4, 0.5) is 0 Å². The minimum atomic E-state index is -0.192. The largest absolute Gasteiger partial charge is 0.494 e. The molecule has 0 saturated carbocycles. The third-order valence-corrected chi connectivity index (χ3v) is 5.08. The minimum Gasteiger partial charge on any atom is -0.494 e. The minimum absolute atomic E-state index is 0.192. The molecule has 0 unspecified atom stereocenters. The second kappa shape index (κ2) is 8.31. The molecule has 32 heavy (non-hydrogen) atoms. The third-order valence-electron chi connectivity index (χ3n) is 5.08. The smallest absolute Gasteiger partial charge is 0.209 e. The van der Waals surface area contributed by atoms with Crippen LogP contribution in [-0.4, -0.2) is 31.7 Å². The number of hydrogen-bond donors (Lipinski definition) is 0. The maximum atomic E-state index is 12.7. The van der Waals surface area contributed by atoms with Gasteiger partial charge in [-0.05, 0) is 42.5 Å². The van der Waals surface area contributed by atoms with Gasteiger partial charge in [0, 0.05) is 24.0 Å². The van der Waals surface area contributed by atoms with Crippen LogP contribution < -0.4 is 10.2 Å². The SMILES string of the molecule is COc1cc(-c2ccccn2)ccc1-n1ccc(=O)c(-c2ccnn2-c2ccccc2)n1. The van der Waals surface area contributed by atoms with Crippen molar-refractivity contribution >= 4 is 0 Å². The summed E-state index contributed by atoms with van der Waals surface area (Å²) < 4.78 is 8.97. The van der Waals surface area contributed by atoms with E-state index >= 15 is 0 Å². The van der Waals surface area contributed by atoms with Gasteiger partial charge in [-0.1, -0.05) is 30.3 Å². The van der Waals surface area contributed by atoms with Gasteiger partial charge in [-0.15, -0.1) is 0 Å². The van der Waals surface area contributed by atoms with Crippen molar-refractivity contribution in [3.8, 4) is 39.8 Å². The Bertz CT molecular complexity index is 1430. The Morgan fingerprint density at radius 2 is 1.72 bits per heavy atom. The zero-order valence-electron chi connectivity index (χ0n) is 17.3. The molecular weight excluding hydrogens is 402 g/mol. The number of para-hydroxylation sites is 1. The Balaban J connectivity index is 1.60. The van der Waals surface area contributed by atoms with E-state index in [1.807, 2.05) is 66.7 Å². The molecule has 7 heteroatoms. The maximum Gasteiger partial charge on any atom is 0.209 e. The fourth-order valence-electron chi connectivity index (χ4n) is 3.54. The normalized spacial score (nSPS) is 10.8. The highest BCUT2D eigenvalue weighted by molar-refractivity contribution is 5.65. The molecule has 156 valence electrons. The summed E-state index contributed by atoms with van der Waals surface area (Å²) >= 11 is 0. The van der Waals surface area contributed by atoms with Crippen molar-refractivity contribution < 1.29 is 4.74 Å². The molecule has 0 amide bonds. The second-order valence-electron chi connectivity index (χ2n) is 7.04. The molecule has 7 nitrogen and oxygen atoms in total. The van der Waals surface area contributed by atoms with Crippen LogP contribution in [0.1, 0.15) is 0 Å². The van der Waals surface area contributed by atoms with Crippen molar-refractivity contribution in [3.05, 3.63) is 108 Å². The first-order valence-corrected chi connectivity index (χ1v) is 10.0.